The zero-order chi connectivity index (χ0) is 9.24. The van der Waals surface area contributed by atoms with Gasteiger partial charge in [-0.3, -0.25) is 0 Å². The van der Waals surface area contributed by atoms with E-state index >= 15 is 0 Å². The fourth-order valence-electron chi connectivity index (χ4n) is 1.64. The van der Waals surface area contributed by atoms with Gasteiger partial charge in [0.2, 0.25) is 0 Å². The lowest BCUT2D eigenvalue weighted by Crippen LogP contribution is -2.32. The molecule has 0 spiro atoms. The summed E-state index contributed by atoms with van der Waals surface area (Å²) >= 11 is 0. The predicted molar refractivity (Wildman–Crippen MR) is 49.9 cm³/mol. The molecule has 0 bridgehead atoms. The molecule has 0 aliphatic carbocycles. The summed E-state index contributed by atoms with van der Waals surface area (Å²) in [7, 11) is -2.72. The van der Waals surface area contributed by atoms with E-state index in [0.717, 1.165) is 19.5 Å². The van der Waals surface area contributed by atoms with E-state index in [1.807, 2.05) is 13.8 Å². The third-order valence-electron chi connectivity index (χ3n) is 2.39. The maximum atomic E-state index is 11.2. The monoisotopic (exact) mass is 191 g/mol. The number of nitrogens with one attached hydrogen (secondary N) is 1. The minimum atomic E-state index is -2.72. The van der Waals surface area contributed by atoms with Crippen molar-refractivity contribution in [2.75, 3.05) is 24.6 Å². The standard InChI is InChI=1S/C8H17NO2S/c1-3-9-6-8(2)4-5-12(10,11)7-8/h9H,3-7H2,1-2H3. The molecule has 3 nitrogen and oxygen atoms in total. The SMILES string of the molecule is CCNCC1(C)CCS(=O)(=O)C1. The molecular formula is C8H17NO2S. The zero-order valence-electron chi connectivity index (χ0n) is 7.76. The van der Waals surface area contributed by atoms with Crippen molar-refractivity contribution in [1.29, 1.82) is 0 Å². The second-order valence-corrected chi connectivity index (χ2v) is 6.12. The lowest BCUT2D eigenvalue weighted by molar-refractivity contribution is 0.354. The van der Waals surface area contributed by atoms with Crippen molar-refractivity contribution >= 4 is 9.84 Å². The van der Waals surface area contributed by atoms with Gasteiger partial charge >= 0.3 is 0 Å². The molecule has 1 rings (SSSR count). The Hall–Kier alpha value is -0.0900. The highest BCUT2D eigenvalue weighted by Gasteiger charge is 2.37. The fourth-order valence-corrected chi connectivity index (χ4v) is 3.90. The van der Waals surface area contributed by atoms with Gasteiger partial charge in [0.15, 0.2) is 9.84 Å². The van der Waals surface area contributed by atoms with Crippen LogP contribution in [0.25, 0.3) is 0 Å². The molecule has 1 fully saturated rings. The number of sulfone groups is 1. The van der Waals surface area contributed by atoms with Crippen LogP contribution in [0.4, 0.5) is 0 Å². The third kappa shape index (κ3) is 2.45. The first-order valence-electron chi connectivity index (χ1n) is 4.39. The first-order valence-corrected chi connectivity index (χ1v) is 6.21. The van der Waals surface area contributed by atoms with Crippen molar-refractivity contribution in [2.45, 2.75) is 20.3 Å². The lowest BCUT2D eigenvalue weighted by atomic mass is 9.90. The average molecular weight is 191 g/mol. The van der Waals surface area contributed by atoms with E-state index in [4.69, 9.17) is 0 Å². The molecule has 1 aliphatic rings. The van der Waals surface area contributed by atoms with Gasteiger partial charge in [-0.15, -0.1) is 0 Å². The van der Waals surface area contributed by atoms with Crippen molar-refractivity contribution in [3.05, 3.63) is 0 Å². The van der Waals surface area contributed by atoms with Gasteiger partial charge in [-0.05, 0) is 18.4 Å². The van der Waals surface area contributed by atoms with E-state index < -0.39 is 9.84 Å². The summed E-state index contributed by atoms with van der Waals surface area (Å²) in [6.07, 6.45) is 0.808. The molecular weight excluding hydrogens is 174 g/mol. The summed E-state index contributed by atoms with van der Waals surface area (Å²) in [6.45, 7) is 5.81. The number of hydrogen-bond acceptors (Lipinski definition) is 3. The van der Waals surface area contributed by atoms with E-state index in [0.29, 0.717) is 11.5 Å². The lowest BCUT2D eigenvalue weighted by Gasteiger charge is -2.21. The Morgan fingerprint density at radius 2 is 2.17 bits per heavy atom. The maximum Gasteiger partial charge on any atom is 0.150 e. The first-order chi connectivity index (χ1) is 5.47. The summed E-state index contributed by atoms with van der Waals surface area (Å²) in [6, 6.07) is 0. The van der Waals surface area contributed by atoms with Crippen molar-refractivity contribution in [2.24, 2.45) is 5.41 Å². The highest BCUT2D eigenvalue weighted by Crippen LogP contribution is 2.30. The van der Waals surface area contributed by atoms with Gasteiger partial charge < -0.3 is 5.32 Å². The Balaban J connectivity index is 2.53. The molecule has 0 amide bonds. The second-order valence-electron chi connectivity index (χ2n) is 3.93. The fraction of sp³-hybridized carbons (Fsp3) is 1.00. The van der Waals surface area contributed by atoms with Crippen LogP contribution < -0.4 is 5.32 Å². The average Bonchev–Trinajstić information content (AvgIpc) is 2.23. The molecule has 0 aromatic rings. The molecule has 1 unspecified atom stereocenters. The van der Waals surface area contributed by atoms with Gasteiger partial charge in [0, 0.05) is 6.54 Å². The Labute approximate surface area is 74.5 Å². The van der Waals surface area contributed by atoms with Crippen LogP contribution in [0.15, 0.2) is 0 Å². The molecule has 0 radical (unpaired) electrons. The largest absolute Gasteiger partial charge is 0.316 e. The molecule has 72 valence electrons. The van der Waals surface area contributed by atoms with E-state index in [-0.39, 0.29) is 5.41 Å². The van der Waals surface area contributed by atoms with E-state index in [2.05, 4.69) is 5.32 Å². The Kier molecular flexibility index (Phi) is 2.78. The van der Waals surface area contributed by atoms with Crippen LogP contribution in [-0.2, 0) is 9.84 Å². The van der Waals surface area contributed by atoms with Gasteiger partial charge in [0.1, 0.15) is 0 Å². The summed E-state index contributed by atoms with van der Waals surface area (Å²) in [5.41, 5.74) is -0.0190. The minimum Gasteiger partial charge on any atom is -0.316 e. The summed E-state index contributed by atoms with van der Waals surface area (Å²) in [5, 5.41) is 3.20. The highest BCUT2D eigenvalue weighted by atomic mass is 32.2. The summed E-state index contributed by atoms with van der Waals surface area (Å²) in [4.78, 5) is 0. The molecule has 0 aromatic carbocycles. The van der Waals surface area contributed by atoms with Gasteiger partial charge in [0.25, 0.3) is 0 Å². The quantitative estimate of drug-likeness (QED) is 0.703. The maximum absolute atomic E-state index is 11.2. The first kappa shape index (κ1) is 9.99. The molecule has 0 aromatic heterocycles. The predicted octanol–water partition coefficient (Wildman–Crippen LogP) is 0.421. The van der Waals surface area contributed by atoms with Crippen LogP contribution in [0.1, 0.15) is 20.3 Å². The molecule has 1 aliphatic heterocycles. The van der Waals surface area contributed by atoms with Crippen LogP contribution >= 0.6 is 0 Å². The van der Waals surface area contributed by atoms with Crippen molar-refractivity contribution in [1.82, 2.24) is 5.32 Å². The molecule has 0 saturated carbocycles. The normalized spacial score (nSPS) is 33.8. The minimum absolute atomic E-state index is 0.0190. The van der Waals surface area contributed by atoms with E-state index in [1.54, 1.807) is 0 Å². The van der Waals surface area contributed by atoms with Crippen molar-refractivity contribution in [3.63, 3.8) is 0 Å². The second kappa shape index (κ2) is 3.34. The van der Waals surface area contributed by atoms with Gasteiger partial charge in [0.05, 0.1) is 11.5 Å². The van der Waals surface area contributed by atoms with Crippen LogP contribution in [0.5, 0.6) is 0 Å². The van der Waals surface area contributed by atoms with E-state index in [1.165, 1.54) is 0 Å². The summed E-state index contributed by atoms with van der Waals surface area (Å²) in [5.74, 6) is 0.724. The Bertz CT molecular complexity index is 248. The molecule has 12 heavy (non-hydrogen) atoms. The molecule has 1 atom stereocenters. The molecule has 1 N–H and O–H groups in total. The molecule has 1 heterocycles. The smallest absolute Gasteiger partial charge is 0.150 e. The van der Waals surface area contributed by atoms with Gasteiger partial charge in [-0.25, -0.2) is 8.42 Å². The number of hydrogen-bond donors (Lipinski definition) is 1. The topological polar surface area (TPSA) is 46.2 Å². The molecule has 1 saturated heterocycles. The van der Waals surface area contributed by atoms with E-state index in [9.17, 15) is 8.42 Å². The van der Waals surface area contributed by atoms with Crippen molar-refractivity contribution in [3.8, 4) is 0 Å². The van der Waals surface area contributed by atoms with Crippen LogP contribution in [0, 0.1) is 5.41 Å². The van der Waals surface area contributed by atoms with Gasteiger partial charge in [-0.2, -0.15) is 0 Å². The Morgan fingerprint density at radius 3 is 2.58 bits per heavy atom. The van der Waals surface area contributed by atoms with Crippen LogP contribution in [0.3, 0.4) is 0 Å². The number of rotatable bonds is 3. The van der Waals surface area contributed by atoms with Crippen molar-refractivity contribution < 1.29 is 8.42 Å². The molecule has 4 heteroatoms. The van der Waals surface area contributed by atoms with Crippen LogP contribution in [0.2, 0.25) is 0 Å². The highest BCUT2D eigenvalue weighted by molar-refractivity contribution is 7.91. The Morgan fingerprint density at radius 1 is 1.50 bits per heavy atom. The van der Waals surface area contributed by atoms with Crippen LogP contribution in [-0.4, -0.2) is 33.0 Å². The van der Waals surface area contributed by atoms with Gasteiger partial charge in [-0.1, -0.05) is 13.8 Å². The zero-order valence-corrected chi connectivity index (χ0v) is 8.58. The third-order valence-corrected chi connectivity index (χ3v) is 4.35. The summed E-state index contributed by atoms with van der Waals surface area (Å²) < 4.78 is 22.4.